The van der Waals surface area contributed by atoms with Crippen LogP contribution < -0.4 is 10.2 Å². The predicted molar refractivity (Wildman–Crippen MR) is 112 cm³/mol. The van der Waals surface area contributed by atoms with E-state index in [0.29, 0.717) is 5.92 Å². The minimum atomic E-state index is -0.0961. The zero-order valence-electron chi connectivity index (χ0n) is 17.8. The summed E-state index contributed by atoms with van der Waals surface area (Å²) in [4.78, 5) is 36.6. The molecule has 3 atom stereocenters. The maximum absolute atomic E-state index is 13.2. The van der Waals surface area contributed by atoms with Crippen LogP contribution in [-0.2, 0) is 9.59 Å². The van der Waals surface area contributed by atoms with E-state index in [1.54, 1.807) is 7.05 Å². The summed E-state index contributed by atoms with van der Waals surface area (Å²) in [6.45, 7) is 9.28. The van der Waals surface area contributed by atoms with Gasteiger partial charge in [0, 0.05) is 58.4 Å². The van der Waals surface area contributed by atoms with Crippen LogP contribution in [0.25, 0.3) is 0 Å². The van der Waals surface area contributed by atoms with E-state index in [-0.39, 0.29) is 29.2 Å². The zero-order valence-corrected chi connectivity index (χ0v) is 17.8. The third kappa shape index (κ3) is 3.97. The number of aromatic nitrogens is 1. The standard InChI is InChI=1S/C22H33N5O2/c1-16(2)14-27-15-22(13-18(27)20(28)23-3)12-17(22)21(29)26-10-8-25(9-11-26)19-6-4-5-7-24-19/h4-7,16-18H,8-15H2,1-3H3,(H,23,28)/t17-,18+,22+/m1/s1. The van der Waals surface area contributed by atoms with Gasteiger partial charge in [-0.3, -0.25) is 14.5 Å². The minimum absolute atomic E-state index is 0.00126. The van der Waals surface area contributed by atoms with Crippen molar-refractivity contribution in [3.8, 4) is 0 Å². The van der Waals surface area contributed by atoms with Crippen molar-refractivity contribution < 1.29 is 9.59 Å². The Labute approximate surface area is 173 Å². The maximum atomic E-state index is 13.2. The van der Waals surface area contributed by atoms with Gasteiger partial charge in [-0.2, -0.15) is 0 Å². The summed E-state index contributed by atoms with van der Waals surface area (Å²) >= 11 is 0. The summed E-state index contributed by atoms with van der Waals surface area (Å²) in [5.41, 5.74) is 0.00126. The van der Waals surface area contributed by atoms with Crippen LogP contribution in [0.2, 0.25) is 0 Å². The first-order valence-electron chi connectivity index (χ1n) is 10.8. The summed E-state index contributed by atoms with van der Waals surface area (Å²) in [7, 11) is 1.71. The Morgan fingerprint density at radius 2 is 1.97 bits per heavy atom. The topological polar surface area (TPSA) is 68.8 Å². The van der Waals surface area contributed by atoms with Crippen molar-refractivity contribution in [3.05, 3.63) is 24.4 Å². The normalized spacial score (nSPS) is 29.5. The van der Waals surface area contributed by atoms with Gasteiger partial charge in [0.05, 0.1) is 6.04 Å². The number of piperazine rings is 1. The second kappa shape index (κ2) is 7.94. The number of likely N-dealkylation sites (N-methyl/N-ethyl adjacent to an activating group) is 1. The van der Waals surface area contributed by atoms with Crippen molar-refractivity contribution in [1.82, 2.24) is 20.1 Å². The number of carbonyl (C=O) groups is 2. The van der Waals surface area contributed by atoms with Crippen LogP contribution in [0.15, 0.2) is 24.4 Å². The average Bonchev–Trinajstić information content (AvgIpc) is 3.32. The molecule has 1 aliphatic carbocycles. The van der Waals surface area contributed by atoms with Gasteiger partial charge in [-0.1, -0.05) is 19.9 Å². The molecular formula is C22H33N5O2. The largest absolute Gasteiger partial charge is 0.358 e. The molecule has 2 saturated heterocycles. The van der Waals surface area contributed by atoms with Crippen molar-refractivity contribution in [3.63, 3.8) is 0 Å². The summed E-state index contributed by atoms with van der Waals surface area (Å²) < 4.78 is 0. The van der Waals surface area contributed by atoms with E-state index in [2.05, 4.69) is 33.9 Å². The molecule has 1 spiro atoms. The lowest BCUT2D eigenvalue weighted by Crippen LogP contribution is -2.50. The Kier molecular flexibility index (Phi) is 5.51. The minimum Gasteiger partial charge on any atom is -0.358 e. The Hall–Kier alpha value is -2.15. The fourth-order valence-electron chi connectivity index (χ4n) is 5.19. The van der Waals surface area contributed by atoms with Gasteiger partial charge in [0.2, 0.25) is 11.8 Å². The molecule has 3 aliphatic rings. The number of hydrogen-bond acceptors (Lipinski definition) is 5. The summed E-state index contributed by atoms with van der Waals surface area (Å²) in [5, 5.41) is 2.82. The highest BCUT2D eigenvalue weighted by molar-refractivity contribution is 5.85. The third-order valence-corrected chi connectivity index (χ3v) is 6.76. The molecule has 2 aliphatic heterocycles. The second-order valence-electron chi connectivity index (χ2n) is 9.28. The predicted octanol–water partition coefficient (Wildman–Crippen LogP) is 1.21. The van der Waals surface area contributed by atoms with E-state index < -0.39 is 0 Å². The number of amides is 2. The molecule has 3 fully saturated rings. The molecule has 7 heteroatoms. The van der Waals surface area contributed by atoms with Gasteiger partial charge in [-0.05, 0) is 36.3 Å². The van der Waals surface area contributed by atoms with Crippen molar-refractivity contribution >= 4 is 17.6 Å². The number of rotatable bonds is 5. The van der Waals surface area contributed by atoms with E-state index in [9.17, 15) is 9.59 Å². The lowest BCUT2D eigenvalue weighted by molar-refractivity contribution is -0.133. The van der Waals surface area contributed by atoms with Crippen LogP contribution in [-0.4, -0.2) is 79.0 Å². The third-order valence-electron chi connectivity index (χ3n) is 6.76. The van der Waals surface area contributed by atoms with E-state index in [1.165, 1.54) is 0 Å². The van der Waals surface area contributed by atoms with Gasteiger partial charge >= 0.3 is 0 Å². The van der Waals surface area contributed by atoms with E-state index in [4.69, 9.17) is 0 Å². The molecular weight excluding hydrogens is 366 g/mol. The molecule has 0 bridgehead atoms. The number of pyridine rings is 1. The fraction of sp³-hybridized carbons (Fsp3) is 0.682. The Morgan fingerprint density at radius 1 is 1.21 bits per heavy atom. The molecule has 3 heterocycles. The highest BCUT2D eigenvalue weighted by atomic mass is 16.2. The number of hydrogen-bond donors (Lipinski definition) is 1. The Morgan fingerprint density at radius 3 is 2.59 bits per heavy atom. The highest BCUT2D eigenvalue weighted by Crippen LogP contribution is 2.60. The van der Waals surface area contributed by atoms with Crippen LogP contribution in [0, 0.1) is 17.3 Å². The van der Waals surface area contributed by atoms with Crippen LogP contribution in [0.4, 0.5) is 5.82 Å². The van der Waals surface area contributed by atoms with Gasteiger partial charge < -0.3 is 15.1 Å². The maximum Gasteiger partial charge on any atom is 0.237 e. The summed E-state index contributed by atoms with van der Waals surface area (Å²) in [5.74, 6) is 1.94. The lowest BCUT2D eigenvalue weighted by atomic mass is 9.98. The molecule has 1 saturated carbocycles. The molecule has 158 valence electrons. The molecule has 1 N–H and O–H groups in total. The summed E-state index contributed by atoms with van der Waals surface area (Å²) in [6, 6.07) is 5.85. The first-order chi connectivity index (χ1) is 13.9. The van der Waals surface area contributed by atoms with Gasteiger partial charge in [0.1, 0.15) is 5.82 Å². The average molecular weight is 400 g/mol. The fourth-order valence-corrected chi connectivity index (χ4v) is 5.19. The van der Waals surface area contributed by atoms with E-state index in [0.717, 1.165) is 57.9 Å². The van der Waals surface area contributed by atoms with Gasteiger partial charge in [-0.15, -0.1) is 0 Å². The molecule has 29 heavy (non-hydrogen) atoms. The smallest absolute Gasteiger partial charge is 0.237 e. The quantitative estimate of drug-likeness (QED) is 0.806. The number of carbonyl (C=O) groups excluding carboxylic acids is 2. The van der Waals surface area contributed by atoms with Crippen molar-refractivity contribution in [2.75, 3.05) is 51.2 Å². The second-order valence-corrected chi connectivity index (χ2v) is 9.28. The molecule has 1 aromatic heterocycles. The molecule has 0 aromatic carbocycles. The van der Waals surface area contributed by atoms with Gasteiger partial charge in [0.15, 0.2) is 0 Å². The van der Waals surface area contributed by atoms with Crippen LogP contribution in [0.5, 0.6) is 0 Å². The molecule has 7 nitrogen and oxygen atoms in total. The van der Waals surface area contributed by atoms with Gasteiger partial charge in [0.25, 0.3) is 0 Å². The van der Waals surface area contributed by atoms with E-state index in [1.807, 2.05) is 29.3 Å². The molecule has 0 radical (unpaired) electrons. The lowest BCUT2D eigenvalue weighted by Gasteiger charge is -2.35. The Bertz CT molecular complexity index is 747. The van der Waals surface area contributed by atoms with Crippen molar-refractivity contribution in [2.45, 2.75) is 32.7 Å². The molecule has 0 unspecified atom stereocenters. The Balaban J connectivity index is 1.36. The van der Waals surface area contributed by atoms with Crippen LogP contribution in [0.3, 0.4) is 0 Å². The van der Waals surface area contributed by atoms with Crippen LogP contribution in [0.1, 0.15) is 26.7 Å². The first-order valence-corrected chi connectivity index (χ1v) is 10.8. The molecule has 4 rings (SSSR count). The number of nitrogens with one attached hydrogen (secondary N) is 1. The molecule has 2 amide bonds. The van der Waals surface area contributed by atoms with Crippen molar-refractivity contribution in [1.29, 1.82) is 0 Å². The zero-order chi connectivity index (χ0) is 20.6. The number of likely N-dealkylation sites (tertiary alicyclic amines) is 1. The SMILES string of the molecule is CNC(=O)[C@@H]1C[C@@]2(C[C@@H]2C(=O)N2CCN(c3ccccn3)CC2)CN1CC(C)C. The number of anilines is 1. The monoisotopic (exact) mass is 399 g/mol. The first kappa shape index (κ1) is 20.1. The van der Waals surface area contributed by atoms with Crippen LogP contribution >= 0.6 is 0 Å². The summed E-state index contributed by atoms with van der Waals surface area (Å²) in [6.07, 6.45) is 3.55. The number of nitrogens with zero attached hydrogens (tertiary/aromatic N) is 4. The van der Waals surface area contributed by atoms with E-state index >= 15 is 0 Å². The molecule has 1 aromatic rings. The van der Waals surface area contributed by atoms with Gasteiger partial charge in [-0.25, -0.2) is 4.98 Å². The van der Waals surface area contributed by atoms with Crippen molar-refractivity contribution in [2.24, 2.45) is 17.3 Å². The highest BCUT2D eigenvalue weighted by Gasteiger charge is 2.64.